The van der Waals surface area contributed by atoms with Crippen LogP contribution in [0.2, 0.25) is 0 Å². The number of aliphatic imine (C=N–C) groups is 1. The molecule has 0 spiro atoms. The van der Waals surface area contributed by atoms with Gasteiger partial charge in [-0.3, -0.25) is 9.38 Å². The van der Waals surface area contributed by atoms with E-state index in [2.05, 4.69) is 39.7 Å². The van der Waals surface area contributed by atoms with E-state index in [4.69, 9.17) is 4.42 Å². The second-order valence-electron chi connectivity index (χ2n) is 6.07. The Kier molecular flexibility index (Phi) is 12.3. The first kappa shape index (κ1) is 23.3. The minimum atomic E-state index is -0.325. The fourth-order valence-electron chi connectivity index (χ4n) is 2.52. The largest absolute Gasteiger partial charge is 0.469 e. The number of hydrogen-bond donors (Lipinski definition) is 2. The summed E-state index contributed by atoms with van der Waals surface area (Å²) in [4.78, 5) is 6.81. The first-order chi connectivity index (χ1) is 12.8. The predicted molar refractivity (Wildman–Crippen MR) is 121 cm³/mol. The lowest BCUT2D eigenvalue weighted by Crippen LogP contribution is -2.39. The van der Waals surface area contributed by atoms with E-state index >= 15 is 0 Å². The highest BCUT2D eigenvalue weighted by Crippen LogP contribution is 2.10. The molecule has 5 nitrogen and oxygen atoms in total. The van der Waals surface area contributed by atoms with Gasteiger partial charge in [-0.15, -0.1) is 24.0 Å². The minimum Gasteiger partial charge on any atom is -0.469 e. The molecule has 0 fully saturated rings. The molecule has 7 heteroatoms. The molecule has 27 heavy (non-hydrogen) atoms. The van der Waals surface area contributed by atoms with E-state index in [1.54, 1.807) is 6.26 Å². The van der Waals surface area contributed by atoms with Crippen LogP contribution in [0.25, 0.3) is 0 Å². The lowest BCUT2D eigenvalue weighted by atomic mass is 10.3. The number of rotatable bonds is 11. The Bertz CT molecular complexity index is 622. The number of nitrogens with one attached hydrogen (secondary N) is 2. The van der Waals surface area contributed by atoms with Gasteiger partial charge in [-0.05, 0) is 37.1 Å². The van der Waals surface area contributed by atoms with Crippen LogP contribution >= 0.6 is 24.0 Å². The zero-order valence-electron chi connectivity index (χ0n) is 15.9. The molecule has 0 aliphatic heterocycles. The summed E-state index contributed by atoms with van der Waals surface area (Å²) < 4.78 is 17.6. The molecule has 2 N–H and O–H groups in total. The summed E-state index contributed by atoms with van der Waals surface area (Å²) in [7, 11) is 2.08. The average Bonchev–Trinajstić information content (AvgIpc) is 3.19. The van der Waals surface area contributed by atoms with Crippen LogP contribution in [-0.2, 0) is 6.42 Å². The molecule has 0 bridgehead atoms. The summed E-state index contributed by atoms with van der Waals surface area (Å²) in [5, 5.41) is 6.45. The van der Waals surface area contributed by atoms with E-state index in [1.807, 2.05) is 30.3 Å². The quantitative estimate of drug-likeness (QED) is 0.218. The van der Waals surface area contributed by atoms with Crippen LogP contribution < -0.4 is 15.5 Å². The van der Waals surface area contributed by atoms with Crippen molar-refractivity contribution in [2.45, 2.75) is 19.3 Å². The van der Waals surface area contributed by atoms with Gasteiger partial charge < -0.3 is 20.0 Å². The second-order valence-corrected chi connectivity index (χ2v) is 6.07. The van der Waals surface area contributed by atoms with Crippen LogP contribution in [0.5, 0.6) is 0 Å². The van der Waals surface area contributed by atoms with Crippen LogP contribution in [0.3, 0.4) is 0 Å². The van der Waals surface area contributed by atoms with Crippen molar-refractivity contribution in [1.29, 1.82) is 0 Å². The Hall–Kier alpha value is -1.77. The van der Waals surface area contributed by atoms with Crippen molar-refractivity contribution in [2.24, 2.45) is 4.99 Å². The number of halogens is 2. The summed E-state index contributed by atoms with van der Waals surface area (Å²) in [5.74, 6) is 1.66. The number of anilines is 1. The van der Waals surface area contributed by atoms with Gasteiger partial charge in [-0.2, -0.15) is 0 Å². The van der Waals surface area contributed by atoms with Crippen LogP contribution in [0, 0.1) is 0 Å². The third-order valence-corrected chi connectivity index (χ3v) is 3.97. The van der Waals surface area contributed by atoms with Crippen LogP contribution in [0.1, 0.15) is 18.6 Å². The third kappa shape index (κ3) is 9.65. The lowest BCUT2D eigenvalue weighted by Gasteiger charge is -2.18. The maximum absolute atomic E-state index is 12.3. The molecule has 0 saturated heterocycles. The molecule has 150 valence electrons. The molecule has 0 saturated carbocycles. The third-order valence-electron chi connectivity index (χ3n) is 3.97. The SMILES string of the molecule is CN(CCCN=C(NCCCF)NCCc1ccco1)c1ccccc1.I. The molecule has 1 heterocycles. The average molecular weight is 488 g/mol. The zero-order valence-corrected chi connectivity index (χ0v) is 18.2. The predicted octanol–water partition coefficient (Wildman–Crippen LogP) is 3.86. The highest BCUT2D eigenvalue weighted by Gasteiger charge is 2.02. The van der Waals surface area contributed by atoms with E-state index in [1.165, 1.54) is 5.69 Å². The van der Waals surface area contributed by atoms with Gasteiger partial charge in [-0.1, -0.05) is 18.2 Å². The second kappa shape index (κ2) is 14.3. The first-order valence-corrected chi connectivity index (χ1v) is 9.16. The number of benzene rings is 1. The fourth-order valence-corrected chi connectivity index (χ4v) is 2.52. The molecular weight excluding hydrogens is 458 g/mol. The molecule has 1 aromatic carbocycles. The van der Waals surface area contributed by atoms with Gasteiger partial charge in [0.2, 0.25) is 0 Å². The normalized spacial score (nSPS) is 11.0. The van der Waals surface area contributed by atoms with Crippen LogP contribution in [-0.4, -0.2) is 45.9 Å². The number of furan rings is 1. The maximum atomic E-state index is 12.3. The maximum Gasteiger partial charge on any atom is 0.191 e. The van der Waals surface area contributed by atoms with Crippen LogP contribution in [0.4, 0.5) is 10.1 Å². The van der Waals surface area contributed by atoms with Crippen molar-refractivity contribution in [3.05, 3.63) is 54.5 Å². The van der Waals surface area contributed by atoms with E-state index in [9.17, 15) is 4.39 Å². The molecule has 1 aromatic heterocycles. The van der Waals surface area contributed by atoms with Crippen molar-refractivity contribution in [2.75, 3.05) is 44.8 Å². The highest BCUT2D eigenvalue weighted by atomic mass is 127. The molecule has 0 aliphatic carbocycles. The summed E-state index contributed by atoms with van der Waals surface area (Å²) >= 11 is 0. The molecule has 0 radical (unpaired) electrons. The topological polar surface area (TPSA) is 52.8 Å². The molecule has 0 aliphatic rings. The van der Waals surface area contributed by atoms with Crippen molar-refractivity contribution < 1.29 is 8.81 Å². The Labute approximate surface area is 178 Å². The van der Waals surface area contributed by atoms with Gasteiger partial charge in [-0.25, -0.2) is 0 Å². The number of nitrogens with zero attached hydrogens (tertiary/aromatic N) is 2. The zero-order chi connectivity index (χ0) is 18.5. The van der Waals surface area contributed by atoms with Crippen molar-refractivity contribution in [3.63, 3.8) is 0 Å². The number of para-hydroxylation sites is 1. The van der Waals surface area contributed by atoms with Crippen molar-refractivity contribution in [1.82, 2.24) is 10.6 Å². The minimum absolute atomic E-state index is 0. The molecule has 2 aromatic rings. The first-order valence-electron chi connectivity index (χ1n) is 9.16. The molecule has 2 rings (SSSR count). The summed E-state index contributed by atoms with van der Waals surface area (Å²) in [6, 6.07) is 14.1. The Morgan fingerprint density at radius 2 is 1.85 bits per heavy atom. The van der Waals surface area contributed by atoms with E-state index in [-0.39, 0.29) is 30.7 Å². The number of alkyl halides is 1. The number of guanidine groups is 1. The van der Waals surface area contributed by atoms with Crippen molar-refractivity contribution >= 4 is 35.6 Å². The van der Waals surface area contributed by atoms with E-state index in [0.29, 0.717) is 19.5 Å². The summed E-state index contributed by atoms with van der Waals surface area (Å²) in [6.45, 7) is 2.61. The Morgan fingerprint density at radius 3 is 2.56 bits per heavy atom. The Morgan fingerprint density at radius 1 is 1.07 bits per heavy atom. The molecule has 0 amide bonds. The monoisotopic (exact) mass is 488 g/mol. The molecular formula is C20H30FIN4O. The van der Waals surface area contributed by atoms with Crippen LogP contribution in [0.15, 0.2) is 58.1 Å². The van der Waals surface area contributed by atoms with Gasteiger partial charge >= 0.3 is 0 Å². The lowest BCUT2D eigenvalue weighted by molar-refractivity contribution is 0.470. The smallest absolute Gasteiger partial charge is 0.191 e. The van der Waals surface area contributed by atoms with Gasteiger partial charge in [0.1, 0.15) is 5.76 Å². The van der Waals surface area contributed by atoms with E-state index < -0.39 is 0 Å². The van der Waals surface area contributed by atoms with Gasteiger partial charge in [0.05, 0.1) is 12.9 Å². The van der Waals surface area contributed by atoms with Gasteiger partial charge in [0.15, 0.2) is 5.96 Å². The van der Waals surface area contributed by atoms with Gasteiger partial charge in [0, 0.05) is 45.3 Å². The van der Waals surface area contributed by atoms with E-state index in [0.717, 1.165) is 37.7 Å². The number of hydrogen-bond acceptors (Lipinski definition) is 3. The Balaban J connectivity index is 0.00000364. The van der Waals surface area contributed by atoms with Gasteiger partial charge in [0.25, 0.3) is 0 Å². The standard InChI is InChI=1S/C20H29FN4O.HI/c1-25(18-8-3-2-4-9-18)16-7-14-23-20(22-13-6-12-21)24-15-11-19-10-5-17-26-19;/h2-5,8-10,17H,6-7,11-16H2,1H3,(H2,22,23,24);1H. The van der Waals surface area contributed by atoms with Crippen molar-refractivity contribution in [3.8, 4) is 0 Å². The highest BCUT2D eigenvalue weighted by molar-refractivity contribution is 14.0. The molecule has 0 unspecified atom stereocenters. The molecule has 0 atom stereocenters. The summed E-state index contributed by atoms with van der Waals surface area (Å²) in [5.41, 5.74) is 1.20. The fraction of sp³-hybridized carbons (Fsp3) is 0.450. The summed E-state index contributed by atoms with van der Waals surface area (Å²) in [6.07, 6.45) is 3.88.